The average molecular weight is 307 g/mol. The molecule has 1 saturated heterocycles. The number of hydrogen-bond donors (Lipinski definition) is 3. The fourth-order valence-electron chi connectivity index (χ4n) is 2.37. The van der Waals surface area contributed by atoms with Crippen LogP contribution < -0.4 is 11.0 Å². The Bertz CT molecular complexity index is 669. The van der Waals surface area contributed by atoms with Crippen LogP contribution in [0.3, 0.4) is 0 Å². The first-order valence-corrected chi connectivity index (χ1v) is 6.97. The second kappa shape index (κ2) is 6.30. The summed E-state index contributed by atoms with van der Waals surface area (Å²) < 4.78 is 11.9. The largest absolute Gasteiger partial charge is 0.467 e. The lowest BCUT2D eigenvalue weighted by atomic mass is 10.2. The predicted octanol–water partition coefficient (Wildman–Crippen LogP) is 0.0891. The van der Waals surface area contributed by atoms with Gasteiger partial charge < -0.3 is 24.7 Å². The fraction of sp³-hybridized carbons (Fsp3) is 0.429. The number of nitrogens with zero attached hydrogens (tertiary/aromatic N) is 2. The van der Waals surface area contributed by atoms with Crippen LogP contribution in [-0.2, 0) is 11.3 Å². The van der Waals surface area contributed by atoms with E-state index in [0.29, 0.717) is 12.4 Å². The molecule has 1 fully saturated rings. The molecule has 1 aliphatic rings. The van der Waals surface area contributed by atoms with Crippen molar-refractivity contribution in [3.8, 4) is 0 Å². The van der Waals surface area contributed by atoms with Gasteiger partial charge in [0, 0.05) is 12.6 Å². The van der Waals surface area contributed by atoms with Crippen molar-refractivity contribution in [3.05, 3.63) is 46.9 Å². The van der Waals surface area contributed by atoms with E-state index in [1.54, 1.807) is 24.6 Å². The molecule has 0 aliphatic carbocycles. The highest BCUT2D eigenvalue weighted by Crippen LogP contribution is 2.27. The number of aliphatic hydroxyl groups is 2. The molecule has 0 saturated carbocycles. The number of aromatic nitrogens is 2. The summed E-state index contributed by atoms with van der Waals surface area (Å²) in [6.07, 6.45) is 1.28. The van der Waals surface area contributed by atoms with E-state index in [2.05, 4.69) is 10.3 Å². The maximum Gasteiger partial charge on any atom is 0.351 e. The van der Waals surface area contributed by atoms with Gasteiger partial charge in [-0.25, -0.2) is 4.79 Å². The predicted molar refractivity (Wildman–Crippen MR) is 76.2 cm³/mol. The van der Waals surface area contributed by atoms with Gasteiger partial charge in [0.25, 0.3) is 0 Å². The Kier molecular flexibility index (Phi) is 4.23. The molecule has 2 aromatic heterocycles. The molecule has 118 valence electrons. The molecule has 22 heavy (non-hydrogen) atoms. The van der Waals surface area contributed by atoms with Crippen LogP contribution >= 0.6 is 0 Å². The van der Waals surface area contributed by atoms with Crippen LogP contribution in [0.25, 0.3) is 0 Å². The van der Waals surface area contributed by atoms with Gasteiger partial charge in [0.2, 0.25) is 0 Å². The summed E-state index contributed by atoms with van der Waals surface area (Å²) in [5.41, 5.74) is -0.486. The number of nitrogens with one attached hydrogen (secondary N) is 1. The standard InChI is InChI=1S/C14H17N3O5/c18-8-11-10(19)6-13(22-11)17-4-3-12(16-14(17)20)15-7-9-2-1-5-21-9/h1-5,10-11,13,18-19H,6-8H2,(H,15,16,20)/t10-,11+,13-/m0/s1. The van der Waals surface area contributed by atoms with Crippen molar-refractivity contribution < 1.29 is 19.4 Å². The Hall–Kier alpha value is -2.16. The molecule has 0 aromatic carbocycles. The van der Waals surface area contributed by atoms with Gasteiger partial charge in [-0.15, -0.1) is 0 Å². The number of hydrogen-bond acceptors (Lipinski definition) is 7. The van der Waals surface area contributed by atoms with Gasteiger partial charge in [-0.2, -0.15) is 4.98 Å². The summed E-state index contributed by atoms with van der Waals surface area (Å²) in [6.45, 7) is 0.136. The van der Waals surface area contributed by atoms with E-state index in [4.69, 9.17) is 14.3 Å². The van der Waals surface area contributed by atoms with Crippen molar-refractivity contribution in [2.75, 3.05) is 11.9 Å². The van der Waals surface area contributed by atoms with Gasteiger partial charge in [-0.1, -0.05) is 0 Å². The zero-order valence-corrected chi connectivity index (χ0v) is 11.8. The van der Waals surface area contributed by atoms with Gasteiger partial charge in [-0.05, 0) is 18.2 Å². The van der Waals surface area contributed by atoms with E-state index in [1.165, 1.54) is 4.57 Å². The molecule has 3 heterocycles. The number of aliphatic hydroxyl groups excluding tert-OH is 2. The maximum atomic E-state index is 12.1. The van der Waals surface area contributed by atoms with Crippen LogP contribution in [0.1, 0.15) is 18.4 Å². The molecule has 3 rings (SSSR count). The minimum Gasteiger partial charge on any atom is -0.467 e. The molecule has 0 bridgehead atoms. The topological polar surface area (TPSA) is 110 Å². The summed E-state index contributed by atoms with van der Waals surface area (Å²) in [7, 11) is 0. The fourth-order valence-corrected chi connectivity index (χ4v) is 2.37. The van der Waals surface area contributed by atoms with E-state index in [1.807, 2.05) is 6.07 Å². The SMILES string of the molecule is O=c1nc(NCc2ccco2)ccn1[C@@H]1C[C@H](O)[C@@H](CO)O1. The highest BCUT2D eigenvalue weighted by atomic mass is 16.5. The van der Waals surface area contributed by atoms with Crippen LogP contribution in [0.15, 0.2) is 39.9 Å². The zero-order valence-electron chi connectivity index (χ0n) is 11.8. The number of ether oxygens (including phenoxy) is 1. The summed E-state index contributed by atoms with van der Waals surface area (Å²) >= 11 is 0. The quantitative estimate of drug-likeness (QED) is 0.718. The Morgan fingerprint density at radius 3 is 2.95 bits per heavy atom. The molecule has 8 nitrogen and oxygen atoms in total. The van der Waals surface area contributed by atoms with Gasteiger partial charge in [0.1, 0.15) is 23.9 Å². The van der Waals surface area contributed by atoms with Crippen LogP contribution in [-0.4, -0.2) is 38.6 Å². The molecule has 0 amide bonds. The van der Waals surface area contributed by atoms with E-state index >= 15 is 0 Å². The number of rotatable bonds is 5. The molecule has 2 aromatic rings. The first kappa shape index (κ1) is 14.8. The van der Waals surface area contributed by atoms with Crippen molar-refractivity contribution >= 4 is 5.82 Å². The summed E-state index contributed by atoms with van der Waals surface area (Å²) in [5, 5.41) is 21.8. The third-order valence-corrected chi connectivity index (χ3v) is 3.55. The van der Waals surface area contributed by atoms with Crippen LogP contribution in [0.4, 0.5) is 5.82 Å². The summed E-state index contributed by atoms with van der Waals surface area (Å²) in [5.74, 6) is 1.16. The van der Waals surface area contributed by atoms with E-state index in [-0.39, 0.29) is 13.0 Å². The molecule has 3 N–H and O–H groups in total. The van der Waals surface area contributed by atoms with Crippen LogP contribution in [0.2, 0.25) is 0 Å². The zero-order chi connectivity index (χ0) is 15.5. The number of anilines is 1. The third-order valence-electron chi connectivity index (χ3n) is 3.55. The monoisotopic (exact) mass is 307 g/mol. The Morgan fingerprint density at radius 1 is 1.45 bits per heavy atom. The lowest BCUT2D eigenvalue weighted by molar-refractivity contribution is -0.0458. The second-order valence-corrected chi connectivity index (χ2v) is 5.05. The molecule has 8 heteroatoms. The molecule has 3 atom stereocenters. The van der Waals surface area contributed by atoms with Crippen molar-refractivity contribution in [1.82, 2.24) is 9.55 Å². The summed E-state index contributed by atoms with van der Waals surface area (Å²) in [4.78, 5) is 16.0. The Labute approximate surface area is 126 Å². The number of furan rings is 1. The van der Waals surface area contributed by atoms with Crippen LogP contribution in [0.5, 0.6) is 0 Å². The smallest absolute Gasteiger partial charge is 0.351 e. The second-order valence-electron chi connectivity index (χ2n) is 5.05. The van der Waals surface area contributed by atoms with Gasteiger partial charge in [0.15, 0.2) is 0 Å². The first-order chi connectivity index (χ1) is 10.7. The minimum absolute atomic E-state index is 0.242. The van der Waals surface area contributed by atoms with Gasteiger partial charge in [-0.3, -0.25) is 4.57 Å². The lowest BCUT2D eigenvalue weighted by Gasteiger charge is -2.14. The highest BCUT2D eigenvalue weighted by molar-refractivity contribution is 5.32. The van der Waals surface area contributed by atoms with Crippen LogP contribution in [0, 0.1) is 0 Å². The van der Waals surface area contributed by atoms with Gasteiger partial charge in [0.05, 0.1) is 25.5 Å². The van der Waals surface area contributed by atoms with Gasteiger partial charge >= 0.3 is 5.69 Å². The summed E-state index contributed by atoms with van der Waals surface area (Å²) in [6, 6.07) is 5.24. The Balaban J connectivity index is 1.69. The molecule has 0 unspecified atom stereocenters. The molecular formula is C14H17N3O5. The normalized spacial score (nSPS) is 24.5. The minimum atomic E-state index is -0.793. The average Bonchev–Trinajstić information content (AvgIpc) is 3.14. The van der Waals surface area contributed by atoms with E-state index in [9.17, 15) is 9.90 Å². The highest BCUT2D eigenvalue weighted by Gasteiger charge is 2.34. The third kappa shape index (κ3) is 3.03. The maximum absolute atomic E-state index is 12.1. The molecular weight excluding hydrogens is 290 g/mol. The Morgan fingerprint density at radius 2 is 2.32 bits per heavy atom. The first-order valence-electron chi connectivity index (χ1n) is 6.97. The van der Waals surface area contributed by atoms with Crippen molar-refractivity contribution in [2.24, 2.45) is 0 Å². The lowest BCUT2D eigenvalue weighted by Crippen LogP contribution is -2.28. The molecule has 0 spiro atoms. The molecule has 0 radical (unpaired) electrons. The van der Waals surface area contributed by atoms with E-state index < -0.39 is 24.1 Å². The van der Waals surface area contributed by atoms with Crippen molar-refractivity contribution in [1.29, 1.82) is 0 Å². The van der Waals surface area contributed by atoms with Crippen molar-refractivity contribution in [3.63, 3.8) is 0 Å². The van der Waals surface area contributed by atoms with Crippen molar-refractivity contribution in [2.45, 2.75) is 31.4 Å². The van der Waals surface area contributed by atoms with E-state index in [0.717, 1.165) is 5.76 Å². The molecule has 1 aliphatic heterocycles.